The number of carbonyl (C=O) groups excluding carboxylic acids is 1. The maximum Gasteiger partial charge on any atom is 0.276 e. The van der Waals surface area contributed by atoms with E-state index in [4.69, 9.17) is 0 Å². The Kier molecular flexibility index (Phi) is 5.15. The molecule has 3 aromatic rings. The number of sulfone groups is 1. The summed E-state index contributed by atoms with van der Waals surface area (Å²) in [5, 5.41) is 9.29. The van der Waals surface area contributed by atoms with Crippen molar-refractivity contribution in [1.29, 1.82) is 0 Å². The van der Waals surface area contributed by atoms with Gasteiger partial charge in [-0.05, 0) is 48.6 Å². The first kappa shape index (κ1) is 19.4. The van der Waals surface area contributed by atoms with Gasteiger partial charge in [-0.15, -0.1) is 11.3 Å². The highest BCUT2D eigenvalue weighted by atomic mass is 79.9. The number of aromatic nitrogens is 2. The predicted octanol–water partition coefficient (Wildman–Crippen LogP) is 4.29. The van der Waals surface area contributed by atoms with Crippen LogP contribution in [0.1, 0.15) is 28.5 Å². The number of benzene rings is 1. The van der Waals surface area contributed by atoms with E-state index in [0.29, 0.717) is 12.1 Å². The summed E-state index contributed by atoms with van der Waals surface area (Å²) in [6.07, 6.45) is 0.508. The van der Waals surface area contributed by atoms with Gasteiger partial charge in [-0.1, -0.05) is 28.1 Å². The van der Waals surface area contributed by atoms with Crippen molar-refractivity contribution in [3.63, 3.8) is 0 Å². The smallest absolute Gasteiger partial charge is 0.276 e. The molecule has 6 nitrogen and oxygen atoms in total. The first-order valence-electron chi connectivity index (χ1n) is 8.74. The highest BCUT2D eigenvalue weighted by Gasteiger charge is 2.32. The molecule has 0 saturated carbocycles. The monoisotopic (exact) mass is 479 g/mol. The van der Waals surface area contributed by atoms with E-state index in [2.05, 4.69) is 26.3 Å². The fourth-order valence-electron chi connectivity index (χ4n) is 3.23. The van der Waals surface area contributed by atoms with E-state index in [1.165, 1.54) is 11.3 Å². The van der Waals surface area contributed by atoms with Crippen LogP contribution in [0.15, 0.2) is 46.3 Å². The molecular weight excluding hydrogens is 462 g/mol. The highest BCUT2D eigenvalue weighted by molar-refractivity contribution is 9.10. The summed E-state index contributed by atoms with van der Waals surface area (Å²) in [4.78, 5) is 13.7. The Labute approximate surface area is 175 Å². The maximum atomic E-state index is 12.8. The first-order valence-corrected chi connectivity index (χ1v) is 12.2. The van der Waals surface area contributed by atoms with Gasteiger partial charge in [0, 0.05) is 10.2 Å². The second-order valence-corrected chi connectivity index (χ2v) is 10.8. The second-order valence-electron chi connectivity index (χ2n) is 6.81. The molecule has 4 rings (SSSR count). The normalized spacial score (nSPS) is 18.3. The molecule has 9 heteroatoms. The molecule has 1 N–H and O–H groups in total. The molecule has 28 heavy (non-hydrogen) atoms. The van der Waals surface area contributed by atoms with E-state index >= 15 is 0 Å². The lowest BCUT2D eigenvalue weighted by molar-refractivity contribution is 0.102. The Balaban J connectivity index is 1.67. The van der Waals surface area contributed by atoms with Crippen LogP contribution in [0.3, 0.4) is 0 Å². The zero-order valence-corrected chi connectivity index (χ0v) is 18.3. The third-order valence-corrected chi connectivity index (χ3v) is 8.22. The molecule has 1 amide bonds. The van der Waals surface area contributed by atoms with Gasteiger partial charge in [0.1, 0.15) is 0 Å². The van der Waals surface area contributed by atoms with Crippen molar-refractivity contribution < 1.29 is 13.2 Å². The van der Waals surface area contributed by atoms with E-state index in [0.717, 1.165) is 20.6 Å². The molecule has 0 aliphatic carbocycles. The molecule has 0 bridgehead atoms. The van der Waals surface area contributed by atoms with Gasteiger partial charge in [-0.3, -0.25) is 9.48 Å². The van der Waals surface area contributed by atoms with Crippen LogP contribution in [-0.4, -0.2) is 35.6 Å². The number of hydrogen-bond acceptors (Lipinski definition) is 5. The van der Waals surface area contributed by atoms with Crippen molar-refractivity contribution in [3.05, 3.63) is 57.5 Å². The van der Waals surface area contributed by atoms with Crippen LogP contribution in [0.2, 0.25) is 0 Å². The number of aryl methyl sites for hydroxylation is 1. The minimum Gasteiger partial charge on any atom is -0.321 e. The number of thiophene rings is 1. The van der Waals surface area contributed by atoms with Crippen molar-refractivity contribution in [1.82, 2.24) is 9.78 Å². The van der Waals surface area contributed by atoms with Gasteiger partial charge >= 0.3 is 0 Å². The zero-order chi connectivity index (χ0) is 19.9. The van der Waals surface area contributed by atoms with Crippen molar-refractivity contribution >= 4 is 48.7 Å². The minimum absolute atomic E-state index is 0.0546. The Morgan fingerprint density at radius 1 is 1.32 bits per heavy atom. The largest absolute Gasteiger partial charge is 0.321 e. The molecule has 1 aliphatic heterocycles. The van der Waals surface area contributed by atoms with E-state index in [9.17, 15) is 13.2 Å². The molecule has 1 unspecified atom stereocenters. The SMILES string of the molecule is Cc1ccc(NC(=O)c2cc(-c3cccs3)n(C3CCS(=O)(=O)C3)n2)cc1Br. The number of nitrogens with one attached hydrogen (secondary N) is 1. The first-order chi connectivity index (χ1) is 13.3. The number of amides is 1. The third-order valence-electron chi connectivity index (χ3n) is 4.73. The van der Waals surface area contributed by atoms with Gasteiger partial charge in [-0.2, -0.15) is 5.10 Å². The minimum atomic E-state index is -3.06. The highest BCUT2D eigenvalue weighted by Crippen LogP contribution is 2.32. The molecule has 0 spiro atoms. The van der Waals surface area contributed by atoms with Gasteiger partial charge in [0.25, 0.3) is 5.91 Å². The molecule has 1 aromatic carbocycles. The van der Waals surface area contributed by atoms with E-state index in [-0.39, 0.29) is 29.1 Å². The Morgan fingerprint density at radius 2 is 2.14 bits per heavy atom. The molecule has 0 radical (unpaired) electrons. The molecule has 1 saturated heterocycles. The van der Waals surface area contributed by atoms with Crippen LogP contribution in [0, 0.1) is 6.92 Å². The predicted molar refractivity (Wildman–Crippen MR) is 115 cm³/mol. The quantitative estimate of drug-likeness (QED) is 0.604. The molecule has 146 valence electrons. The summed E-state index contributed by atoms with van der Waals surface area (Å²) in [5.74, 6) is -0.118. The van der Waals surface area contributed by atoms with Crippen LogP contribution in [0.25, 0.3) is 10.6 Å². The number of carbonyl (C=O) groups is 1. The van der Waals surface area contributed by atoms with Crippen molar-refractivity contribution in [2.24, 2.45) is 0 Å². The van der Waals surface area contributed by atoms with Crippen LogP contribution >= 0.6 is 27.3 Å². The number of anilines is 1. The second kappa shape index (κ2) is 7.46. The number of rotatable bonds is 4. The van der Waals surface area contributed by atoms with Gasteiger partial charge < -0.3 is 5.32 Å². The summed E-state index contributed by atoms with van der Waals surface area (Å²) in [6.45, 7) is 1.97. The van der Waals surface area contributed by atoms with Gasteiger partial charge in [0.2, 0.25) is 0 Å². The average Bonchev–Trinajstić information content (AvgIpc) is 3.36. The Bertz CT molecular complexity index is 1140. The molecular formula is C19H18BrN3O3S2. The number of nitrogens with zero attached hydrogens (tertiary/aromatic N) is 2. The lowest BCUT2D eigenvalue weighted by Gasteiger charge is -2.12. The summed E-state index contributed by atoms with van der Waals surface area (Å²) >= 11 is 5.00. The molecule has 1 atom stereocenters. The standard InChI is InChI=1S/C19H18BrN3O3S2/c1-12-4-5-13(9-15(12)20)21-19(24)16-10-17(18-3-2-7-27-18)23(22-16)14-6-8-28(25,26)11-14/h2-5,7,9-10,14H,6,8,11H2,1H3,(H,21,24). The lowest BCUT2D eigenvalue weighted by Crippen LogP contribution is -2.16. The number of halogens is 1. The van der Waals surface area contributed by atoms with Gasteiger partial charge in [0.15, 0.2) is 15.5 Å². The Hall–Kier alpha value is -1.97. The zero-order valence-electron chi connectivity index (χ0n) is 15.1. The van der Waals surface area contributed by atoms with Crippen LogP contribution in [0.5, 0.6) is 0 Å². The molecule has 1 fully saturated rings. The molecule has 1 aliphatic rings. The van der Waals surface area contributed by atoms with Gasteiger partial charge in [-0.25, -0.2) is 8.42 Å². The summed E-state index contributed by atoms with van der Waals surface area (Å²) in [7, 11) is -3.06. The van der Waals surface area contributed by atoms with Crippen molar-refractivity contribution in [3.8, 4) is 10.6 Å². The van der Waals surface area contributed by atoms with Crippen molar-refractivity contribution in [2.45, 2.75) is 19.4 Å². The van der Waals surface area contributed by atoms with Crippen LogP contribution < -0.4 is 5.32 Å². The fourth-order valence-corrected chi connectivity index (χ4v) is 6.03. The molecule has 3 heterocycles. The van der Waals surface area contributed by atoms with E-state index in [1.54, 1.807) is 10.7 Å². The van der Waals surface area contributed by atoms with Crippen LogP contribution in [0.4, 0.5) is 5.69 Å². The van der Waals surface area contributed by atoms with Gasteiger partial charge in [0.05, 0.1) is 28.1 Å². The lowest BCUT2D eigenvalue weighted by atomic mass is 10.2. The summed E-state index contributed by atoms with van der Waals surface area (Å²) in [5.41, 5.74) is 2.78. The van der Waals surface area contributed by atoms with E-state index < -0.39 is 9.84 Å². The average molecular weight is 480 g/mol. The summed E-state index contributed by atoms with van der Waals surface area (Å²) < 4.78 is 26.5. The summed E-state index contributed by atoms with van der Waals surface area (Å²) in [6, 6.07) is 10.9. The number of hydrogen-bond donors (Lipinski definition) is 1. The Morgan fingerprint density at radius 3 is 2.79 bits per heavy atom. The third kappa shape index (κ3) is 3.92. The van der Waals surface area contributed by atoms with Crippen LogP contribution in [-0.2, 0) is 9.84 Å². The fraction of sp³-hybridized carbons (Fsp3) is 0.263. The topological polar surface area (TPSA) is 81.1 Å². The van der Waals surface area contributed by atoms with Crippen molar-refractivity contribution in [2.75, 3.05) is 16.8 Å². The van der Waals surface area contributed by atoms with E-state index in [1.807, 2.05) is 42.6 Å². The molecule has 2 aromatic heterocycles. The maximum absolute atomic E-state index is 12.8.